The van der Waals surface area contributed by atoms with E-state index in [0.717, 1.165) is 13.1 Å². The molecule has 1 aliphatic heterocycles. The van der Waals surface area contributed by atoms with Gasteiger partial charge in [0, 0.05) is 20.2 Å². The fraction of sp³-hybridized carbons (Fsp3) is 0.562. The van der Waals surface area contributed by atoms with Crippen molar-refractivity contribution >= 4 is 30.7 Å². The normalized spacial score (nSPS) is 16.8. The summed E-state index contributed by atoms with van der Waals surface area (Å²) in [5, 5.41) is 2.97. The van der Waals surface area contributed by atoms with Gasteiger partial charge in [-0.15, -0.1) is 24.8 Å². The molecule has 0 radical (unpaired) electrons. The van der Waals surface area contributed by atoms with E-state index >= 15 is 0 Å². The van der Waals surface area contributed by atoms with Crippen LogP contribution in [0.4, 0.5) is 0 Å². The molecule has 23 heavy (non-hydrogen) atoms. The molecule has 1 aromatic carbocycles. The maximum absolute atomic E-state index is 12.0. The third-order valence-corrected chi connectivity index (χ3v) is 4.03. The first-order valence-electron chi connectivity index (χ1n) is 7.56. The molecule has 1 aliphatic rings. The average molecular weight is 364 g/mol. The minimum atomic E-state index is -0.569. The number of ether oxygens (including phenoxy) is 1. The minimum Gasteiger partial charge on any atom is -0.370 e. The maximum atomic E-state index is 12.0. The van der Waals surface area contributed by atoms with Crippen molar-refractivity contribution in [2.45, 2.75) is 25.0 Å². The van der Waals surface area contributed by atoms with Crippen molar-refractivity contribution in [2.75, 3.05) is 33.3 Å². The summed E-state index contributed by atoms with van der Waals surface area (Å²) in [6.07, 6.45) is 1.88. The standard InChI is InChI=1S/C16H25N3O2.2ClH/c1-21-15(11-17)16(20)18-12-14(19-9-5-6-10-19)13-7-3-2-4-8-13;;/h2-4,7-8,14-15H,5-6,9-12,17H2,1H3,(H,18,20);2*1H. The monoisotopic (exact) mass is 363 g/mol. The number of nitrogens with two attached hydrogens (primary N) is 1. The molecule has 1 fully saturated rings. The number of benzene rings is 1. The third kappa shape index (κ3) is 6.28. The number of likely N-dealkylation sites (tertiary alicyclic amines) is 1. The zero-order chi connectivity index (χ0) is 15.1. The molecule has 2 rings (SSSR count). The predicted molar refractivity (Wildman–Crippen MR) is 97.3 cm³/mol. The van der Waals surface area contributed by atoms with Crippen LogP contribution in [0.25, 0.3) is 0 Å². The fourth-order valence-corrected chi connectivity index (χ4v) is 2.81. The molecule has 1 saturated heterocycles. The van der Waals surface area contributed by atoms with Gasteiger partial charge < -0.3 is 15.8 Å². The Kier molecular flexibility index (Phi) is 11.2. The van der Waals surface area contributed by atoms with Crippen LogP contribution < -0.4 is 11.1 Å². The van der Waals surface area contributed by atoms with Crippen LogP contribution in [0.1, 0.15) is 24.4 Å². The van der Waals surface area contributed by atoms with Gasteiger partial charge in [0.25, 0.3) is 5.91 Å². The number of hydrogen-bond acceptors (Lipinski definition) is 4. The summed E-state index contributed by atoms with van der Waals surface area (Å²) in [4.78, 5) is 14.5. The number of amides is 1. The number of carbonyl (C=O) groups is 1. The van der Waals surface area contributed by atoms with Crippen molar-refractivity contribution in [3.63, 3.8) is 0 Å². The van der Waals surface area contributed by atoms with Crippen LogP contribution in [0.15, 0.2) is 30.3 Å². The molecule has 1 aromatic rings. The predicted octanol–water partition coefficient (Wildman–Crippen LogP) is 1.76. The minimum absolute atomic E-state index is 0. The van der Waals surface area contributed by atoms with Gasteiger partial charge in [-0.1, -0.05) is 30.3 Å². The number of rotatable bonds is 7. The summed E-state index contributed by atoms with van der Waals surface area (Å²) < 4.78 is 5.07. The molecule has 3 N–H and O–H groups in total. The topological polar surface area (TPSA) is 67.6 Å². The highest BCUT2D eigenvalue weighted by Gasteiger charge is 2.25. The van der Waals surface area contributed by atoms with E-state index in [1.807, 2.05) is 18.2 Å². The summed E-state index contributed by atoms with van der Waals surface area (Å²) in [6, 6.07) is 10.5. The van der Waals surface area contributed by atoms with E-state index in [0.29, 0.717) is 6.54 Å². The lowest BCUT2D eigenvalue weighted by molar-refractivity contribution is -0.130. The molecule has 1 heterocycles. The highest BCUT2D eigenvalue weighted by molar-refractivity contribution is 5.85. The van der Waals surface area contributed by atoms with Gasteiger partial charge >= 0.3 is 0 Å². The van der Waals surface area contributed by atoms with E-state index in [1.165, 1.54) is 25.5 Å². The molecule has 2 atom stereocenters. The van der Waals surface area contributed by atoms with Gasteiger partial charge in [-0.3, -0.25) is 9.69 Å². The lowest BCUT2D eigenvalue weighted by atomic mass is 10.1. The Balaban J connectivity index is 0.00000242. The number of hydrogen-bond donors (Lipinski definition) is 2. The molecular weight excluding hydrogens is 337 g/mol. The summed E-state index contributed by atoms with van der Waals surface area (Å²) in [5.41, 5.74) is 6.77. The van der Waals surface area contributed by atoms with Crippen LogP contribution in [0.3, 0.4) is 0 Å². The van der Waals surface area contributed by atoms with Gasteiger partial charge in [-0.05, 0) is 31.5 Å². The lowest BCUT2D eigenvalue weighted by Crippen LogP contribution is -2.44. The molecule has 132 valence electrons. The molecule has 0 bridgehead atoms. The first kappa shape index (κ1) is 22.1. The van der Waals surface area contributed by atoms with E-state index in [4.69, 9.17) is 10.5 Å². The highest BCUT2D eigenvalue weighted by Crippen LogP contribution is 2.24. The molecule has 7 heteroatoms. The van der Waals surface area contributed by atoms with Crippen LogP contribution in [-0.2, 0) is 9.53 Å². The number of nitrogens with one attached hydrogen (secondary N) is 1. The first-order chi connectivity index (χ1) is 10.3. The van der Waals surface area contributed by atoms with Crippen LogP contribution in [-0.4, -0.2) is 50.2 Å². The Bertz CT molecular complexity index is 438. The average Bonchev–Trinajstić information content (AvgIpc) is 3.04. The van der Waals surface area contributed by atoms with Gasteiger partial charge in [-0.25, -0.2) is 0 Å². The van der Waals surface area contributed by atoms with Crippen molar-refractivity contribution < 1.29 is 9.53 Å². The molecule has 0 aliphatic carbocycles. The summed E-state index contributed by atoms with van der Waals surface area (Å²) in [7, 11) is 1.51. The second kappa shape index (κ2) is 11.6. The lowest BCUT2D eigenvalue weighted by Gasteiger charge is -2.28. The van der Waals surface area contributed by atoms with Crippen molar-refractivity contribution in [3.8, 4) is 0 Å². The Morgan fingerprint density at radius 1 is 1.26 bits per heavy atom. The maximum Gasteiger partial charge on any atom is 0.250 e. The molecule has 0 saturated carbocycles. The van der Waals surface area contributed by atoms with E-state index in [9.17, 15) is 4.79 Å². The summed E-state index contributed by atoms with van der Waals surface area (Å²) in [6.45, 7) is 2.95. The number of carbonyl (C=O) groups excluding carboxylic acids is 1. The molecule has 0 spiro atoms. The summed E-state index contributed by atoms with van der Waals surface area (Å²) >= 11 is 0. The van der Waals surface area contributed by atoms with Crippen LogP contribution in [0.2, 0.25) is 0 Å². The van der Waals surface area contributed by atoms with E-state index in [1.54, 1.807) is 0 Å². The smallest absolute Gasteiger partial charge is 0.250 e. The van der Waals surface area contributed by atoms with Crippen LogP contribution in [0.5, 0.6) is 0 Å². The molecule has 2 unspecified atom stereocenters. The van der Waals surface area contributed by atoms with Gasteiger partial charge in [0.15, 0.2) is 0 Å². The van der Waals surface area contributed by atoms with Crippen LogP contribution in [0, 0.1) is 0 Å². The molecule has 5 nitrogen and oxygen atoms in total. The Labute approximate surface area is 150 Å². The highest BCUT2D eigenvalue weighted by atomic mass is 35.5. The van der Waals surface area contributed by atoms with Gasteiger partial charge in [-0.2, -0.15) is 0 Å². The van der Waals surface area contributed by atoms with Crippen molar-refractivity contribution in [1.29, 1.82) is 0 Å². The zero-order valence-corrected chi connectivity index (χ0v) is 15.1. The molecular formula is C16H27Cl2N3O2. The number of halogens is 2. The van der Waals surface area contributed by atoms with Crippen LogP contribution >= 0.6 is 24.8 Å². The summed E-state index contributed by atoms with van der Waals surface area (Å²) in [5.74, 6) is -0.139. The van der Waals surface area contributed by atoms with Gasteiger partial charge in [0.2, 0.25) is 0 Å². The Hall–Kier alpha value is -0.850. The van der Waals surface area contributed by atoms with Crippen molar-refractivity contribution in [3.05, 3.63) is 35.9 Å². The number of methoxy groups -OCH3 is 1. The fourth-order valence-electron chi connectivity index (χ4n) is 2.81. The van der Waals surface area contributed by atoms with Crippen molar-refractivity contribution in [1.82, 2.24) is 10.2 Å². The van der Waals surface area contributed by atoms with Gasteiger partial charge in [0.1, 0.15) is 6.10 Å². The van der Waals surface area contributed by atoms with E-state index in [-0.39, 0.29) is 43.3 Å². The quantitative estimate of drug-likeness (QED) is 0.774. The Morgan fingerprint density at radius 3 is 2.39 bits per heavy atom. The second-order valence-corrected chi connectivity index (χ2v) is 5.37. The number of nitrogens with zero attached hydrogens (tertiary/aromatic N) is 1. The molecule has 0 aromatic heterocycles. The first-order valence-corrected chi connectivity index (χ1v) is 7.56. The third-order valence-electron chi connectivity index (χ3n) is 4.03. The largest absolute Gasteiger partial charge is 0.370 e. The van der Waals surface area contributed by atoms with E-state index < -0.39 is 6.10 Å². The Morgan fingerprint density at radius 2 is 1.87 bits per heavy atom. The SMILES string of the molecule is COC(CN)C(=O)NCC(c1ccccc1)N1CCCC1.Cl.Cl. The zero-order valence-electron chi connectivity index (χ0n) is 13.4. The van der Waals surface area contributed by atoms with Crippen molar-refractivity contribution in [2.24, 2.45) is 5.73 Å². The molecule has 1 amide bonds. The van der Waals surface area contributed by atoms with Gasteiger partial charge in [0.05, 0.1) is 6.04 Å². The van der Waals surface area contributed by atoms with E-state index in [2.05, 4.69) is 22.3 Å². The second-order valence-electron chi connectivity index (χ2n) is 5.37.